The summed E-state index contributed by atoms with van der Waals surface area (Å²) in [6, 6.07) is 18.6. The number of rotatable bonds is 4. The zero-order valence-electron chi connectivity index (χ0n) is 13.3. The van der Waals surface area contributed by atoms with E-state index in [0.717, 1.165) is 17.7 Å². The van der Waals surface area contributed by atoms with Crippen molar-refractivity contribution in [3.63, 3.8) is 0 Å². The largest absolute Gasteiger partial charge is 0.326 e. The summed E-state index contributed by atoms with van der Waals surface area (Å²) in [4.78, 5) is 16.2. The van der Waals surface area contributed by atoms with Crippen molar-refractivity contribution < 1.29 is 4.79 Å². The number of pyridine rings is 1. The maximum atomic E-state index is 12.2. The summed E-state index contributed by atoms with van der Waals surface area (Å²) < 4.78 is 0. The number of nitrogens with zero attached hydrogens (tertiary/aromatic N) is 1. The smallest absolute Gasteiger partial charge is 0.224 e. The van der Waals surface area contributed by atoms with Crippen LogP contribution in [0.25, 0.3) is 11.1 Å². The van der Waals surface area contributed by atoms with Crippen LogP contribution in [0, 0.1) is 0 Å². The van der Waals surface area contributed by atoms with Gasteiger partial charge in [0.15, 0.2) is 0 Å². The van der Waals surface area contributed by atoms with Gasteiger partial charge in [0.2, 0.25) is 5.91 Å². The minimum Gasteiger partial charge on any atom is -0.326 e. The molecule has 24 heavy (non-hydrogen) atoms. The number of aryl methyl sites for hydroxylation is 1. The summed E-state index contributed by atoms with van der Waals surface area (Å²) >= 11 is 0. The molecule has 0 saturated heterocycles. The molecule has 0 unspecified atom stereocenters. The van der Waals surface area contributed by atoms with E-state index in [9.17, 15) is 4.79 Å². The van der Waals surface area contributed by atoms with Crippen molar-refractivity contribution in [1.29, 1.82) is 0 Å². The zero-order chi connectivity index (χ0) is 16.4. The van der Waals surface area contributed by atoms with Crippen LogP contribution < -0.4 is 5.32 Å². The topological polar surface area (TPSA) is 42.0 Å². The number of fused-ring (bicyclic) bond motifs is 3. The Labute approximate surface area is 141 Å². The summed E-state index contributed by atoms with van der Waals surface area (Å²) in [5.74, 6) is 0.0364. The summed E-state index contributed by atoms with van der Waals surface area (Å²) in [6.07, 6.45) is 5.65. The molecule has 1 aromatic heterocycles. The molecule has 0 spiro atoms. The van der Waals surface area contributed by atoms with Crippen LogP contribution in [-0.2, 0) is 17.6 Å². The van der Waals surface area contributed by atoms with Gasteiger partial charge in [0, 0.05) is 24.5 Å². The lowest BCUT2D eigenvalue weighted by Crippen LogP contribution is -2.12. The predicted molar refractivity (Wildman–Crippen MR) is 95.9 cm³/mol. The van der Waals surface area contributed by atoms with Gasteiger partial charge in [-0.1, -0.05) is 36.4 Å². The van der Waals surface area contributed by atoms with E-state index < -0.39 is 0 Å². The second-order valence-electron chi connectivity index (χ2n) is 6.12. The van der Waals surface area contributed by atoms with Crippen LogP contribution in [0.5, 0.6) is 0 Å². The SMILES string of the molecule is O=C(CCc1cccnc1)Nc1ccc2c(c1)Cc1ccccc1-2. The van der Waals surface area contributed by atoms with Gasteiger partial charge >= 0.3 is 0 Å². The molecule has 118 valence electrons. The molecule has 1 N–H and O–H groups in total. The minimum absolute atomic E-state index is 0.0364. The van der Waals surface area contributed by atoms with E-state index in [4.69, 9.17) is 0 Å². The van der Waals surface area contributed by atoms with Crippen molar-refractivity contribution in [3.8, 4) is 11.1 Å². The second-order valence-corrected chi connectivity index (χ2v) is 6.12. The van der Waals surface area contributed by atoms with Crippen LogP contribution >= 0.6 is 0 Å². The van der Waals surface area contributed by atoms with E-state index in [0.29, 0.717) is 12.8 Å². The Kier molecular flexibility index (Phi) is 3.83. The Balaban J connectivity index is 1.43. The summed E-state index contributed by atoms with van der Waals surface area (Å²) in [6.45, 7) is 0. The number of carbonyl (C=O) groups is 1. The Morgan fingerprint density at radius 1 is 1.00 bits per heavy atom. The first kappa shape index (κ1) is 14.6. The van der Waals surface area contributed by atoms with E-state index in [1.54, 1.807) is 12.4 Å². The Hall–Kier alpha value is -2.94. The average Bonchev–Trinajstić information content (AvgIpc) is 2.98. The van der Waals surface area contributed by atoms with Gasteiger partial charge in [-0.15, -0.1) is 0 Å². The molecular formula is C21H18N2O. The van der Waals surface area contributed by atoms with Gasteiger partial charge in [0.05, 0.1) is 0 Å². The van der Waals surface area contributed by atoms with E-state index in [2.05, 4.69) is 46.7 Å². The van der Waals surface area contributed by atoms with Crippen molar-refractivity contribution in [3.05, 3.63) is 83.7 Å². The molecule has 0 atom stereocenters. The van der Waals surface area contributed by atoms with Gasteiger partial charge < -0.3 is 5.32 Å². The van der Waals surface area contributed by atoms with Crippen LogP contribution in [0.2, 0.25) is 0 Å². The molecule has 0 fully saturated rings. The van der Waals surface area contributed by atoms with Crippen LogP contribution in [-0.4, -0.2) is 10.9 Å². The molecule has 0 aliphatic heterocycles. The lowest BCUT2D eigenvalue weighted by atomic mass is 10.1. The van der Waals surface area contributed by atoms with E-state index in [1.807, 2.05) is 18.2 Å². The zero-order valence-corrected chi connectivity index (χ0v) is 13.3. The van der Waals surface area contributed by atoms with Gasteiger partial charge in [-0.2, -0.15) is 0 Å². The average molecular weight is 314 g/mol. The highest BCUT2D eigenvalue weighted by molar-refractivity contribution is 5.92. The fourth-order valence-electron chi connectivity index (χ4n) is 3.25. The molecule has 0 bridgehead atoms. The normalized spacial score (nSPS) is 11.7. The van der Waals surface area contributed by atoms with E-state index in [-0.39, 0.29) is 5.91 Å². The molecule has 1 amide bonds. The highest BCUT2D eigenvalue weighted by Gasteiger charge is 2.18. The molecule has 1 aliphatic rings. The maximum absolute atomic E-state index is 12.2. The van der Waals surface area contributed by atoms with Gasteiger partial charge in [-0.25, -0.2) is 0 Å². The van der Waals surface area contributed by atoms with Crippen LogP contribution in [0.3, 0.4) is 0 Å². The number of anilines is 1. The summed E-state index contributed by atoms with van der Waals surface area (Å²) in [5.41, 5.74) is 7.17. The third kappa shape index (κ3) is 2.93. The summed E-state index contributed by atoms with van der Waals surface area (Å²) in [5, 5.41) is 3.01. The van der Waals surface area contributed by atoms with Gasteiger partial charge in [-0.05, 0) is 58.9 Å². The van der Waals surface area contributed by atoms with E-state index in [1.165, 1.54) is 22.3 Å². The molecule has 3 heteroatoms. The van der Waals surface area contributed by atoms with Gasteiger partial charge in [0.1, 0.15) is 0 Å². The fourth-order valence-corrected chi connectivity index (χ4v) is 3.25. The standard InChI is InChI=1S/C21H18N2O/c24-21(10-7-15-4-3-11-22-14-15)23-18-8-9-20-17(13-18)12-16-5-1-2-6-19(16)20/h1-6,8-9,11,13-14H,7,10,12H2,(H,23,24). The third-order valence-electron chi connectivity index (χ3n) is 4.44. The van der Waals surface area contributed by atoms with Crippen molar-refractivity contribution in [1.82, 2.24) is 4.98 Å². The lowest BCUT2D eigenvalue weighted by molar-refractivity contribution is -0.116. The number of carbonyl (C=O) groups excluding carboxylic acids is 1. The molecule has 3 aromatic rings. The van der Waals surface area contributed by atoms with Gasteiger partial charge in [-0.3, -0.25) is 9.78 Å². The van der Waals surface area contributed by atoms with Crippen LogP contribution in [0.15, 0.2) is 67.0 Å². The number of amides is 1. The highest BCUT2D eigenvalue weighted by Crippen LogP contribution is 2.37. The van der Waals surface area contributed by atoms with Crippen molar-refractivity contribution in [2.75, 3.05) is 5.32 Å². The fraction of sp³-hybridized carbons (Fsp3) is 0.143. The van der Waals surface area contributed by atoms with E-state index >= 15 is 0 Å². The molecular weight excluding hydrogens is 296 g/mol. The number of hydrogen-bond acceptors (Lipinski definition) is 2. The first-order chi connectivity index (χ1) is 11.8. The number of benzene rings is 2. The molecule has 4 rings (SSSR count). The second kappa shape index (κ2) is 6.28. The Morgan fingerprint density at radius 3 is 2.75 bits per heavy atom. The summed E-state index contributed by atoms with van der Waals surface area (Å²) in [7, 11) is 0. The third-order valence-corrected chi connectivity index (χ3v) is 4.44. The molecule has 0 radical (unpaired) electrons. The highest BCUT2D eigenvalue weighted by atomic mass is 16.1. The first-order valence-electron chi connectivity index (χ1n) is 8.19. The maximum Gasteiger partial charge on any atom is 0.224 e. The number of aromatic nitrogens is 1. The van der Waals surface area contributed by atoms with Crippen molar-refractivity contribution in [2.45, 2.75) is 19.3 Å². The first-order valence-corrected chi connectivity index (χ1v) is 8.19. The molecule has 3 nitrogen and oxygen atoms in total. The predicted octanol–water partition coefficient (Wildman–Crippen LogP) is 4.22. The number of hydrogen-bond donors (Lipinski definition) is 1. The van der Waals surface area contributed by atoms with Crippen LogP contribution in [0.4, 0.5) is 5.69 Å². The van der Waals surface area contributed by atoms with Crippen molar-refractivity contribution >= 4 is 11.6 Å². The van der Waals surface area contributed by atoms with Crippen LogP contribution in [0.1, 0.15) is 23.1 Å². The monoisotopic (exact) mass is 314 g/mol. The minimum atomic E-state index is 0.0364. The van der Waals surface area contributed by atoms with Gasteiger partial charge in [0.25, 0.3) is 0 Å². The molecule has 1 heterocycles. The molecule has 2 aromatic carbocycles. The molecule has 1 aliphatic carbocycles. The Bertz CT molecular complexity index is 887. The lowest BCUT2D eigenvalue weighted by Gasteiger charge is -2.08. The Morgan fingerprint density at radius 2 is 1.88 bits per heavy atom. The van der Waals surface area contributed by atoms with Crippen molar-refractivity contribution in [2.24, 2.45) is 0 Å². The molecule has 0 saturated carbocycles. The number of nitrogens with one attached hydrogen (secondary N) is 1. The quantitative estimate of drug-likeness (QED) is 0.612.